The highest BCUT2D eigenvalue weighted by Gasteiger charge is 2.19. The lowest BCUT2D eigenvalue weighted by molar-refractivity contribution is 0.421. The Bertz CT molecular complexity index is 1760. The molecule has 0 atom stereocenters. The number of halogens is 2. The Balaban J connectivity index is 1.39. The predicted octanol–water partition coefficient (Wildman–Crippen LogP) is 6.07. The van der Waals surface area contributed by atoms with Crippen molar-refractivity contribution in [1.82, 2.24) is 24.9 Å². The van der Waals surface area contributed by atoms with Gasteiger partial charge in [0.25, 0.3) is 0 Å². The highest BCUT2D eigenvalue weighted by Crippen LogP contribution is 2.28. The first-order valence-corrected chi connectivity index (χ1v) is 12.3. The van der Waals surface area contributed by atoms with E-state index in [1.54, 1.807) is 12.1 Å². The summed E-state index contributed by atoms with van der Waals surface area (Å²) in [6.07, 6.45) is 2.94. The number of rotatable bonds is 7. The maximum absolute atomic E-state index is 14.4. The summed E-state index contributed by atoms with van der Waals surface area (Å²) < 4.78 is 34.7. The molecule has 0 radical (unpaired) electrons. The maximum atomic E-state index is 14.4. The van der Waals surface area contributed by atoms with Gasteiger partial charge in [-0.3, -0.25) is 4.68 Å². The number of hydrogen-bond acceptors (Lipinski definition) is 7. The molecule has 0 saturated carbocycles. The Kier molecular flexibility index (Phi) is 6.63. The molecule has 0 bridgehead atoms. The fraction of sp³-hybridized carbons (Fsp3) is 0.0333. The van der Waals surface area contributed by atoms with Crippen LogP contribution in [0.1, 0.15) is 16.7 Å². The van der Waals surface area contributed by atoms with E-state index >= 15 is 0 Å². The zero-order chi connectivity index (χ0) is 27.5. The molecule has 0 aliphatic heterocycles. The second kappa shape index (κ2) is 10.7. The van der Waals surface area contributed by atoms with Crippen LogP contribution < -0.4 is 5.73 Å². The first kappa shape index (κ1) is 24.8. The molecule has 3 heterocycles. The molecule has 3 aromatic carbocycles. The highest BCUT2D eigenvalue weighted by atomic mass is 19.2. The van der Waals surface area contributed by atoms with Crippen LogP contribution in [-0.2, 0) is 6.54 Å². The van der Waals surface area contributed by atoms with Crippen LogP contribution in [0.25, 0.3) is 22.9 Å². The van der Waals surface area contributed by atoms with Gasteiger partial charge in [0.1, 0.15) is 23.3 Å². The predicted molar refractivity (Wildman–Crippen MR) is 147 cm³/mol. The molecule has 0 fully saturated rings. The van der Waals surface area contributed by atoms with Crippen molar-refractivity contribution in [1.29, 1.82) is 0 Å². The van der Waals surface area contributed by atoms with Crippen LogP contribution in [0.15, 0.2) is 113 Å². The van der Waals surface area contributed by atoms with Crippen LogP contribution in [-0.4, -0.2) is 30.6 Å². The summed E-state index contributed by atoms with van der Waals surface area (Å²) in [7, 11) is 0. The van der Waals surface area contributed by atoms with Crippen molar-refractivity contribution in [3.05, 3.63) is 132 Å². The van der Waals surface area contributed by atoms with Gasteiger partial charge in [-0.25, -0.2) is 23.7 Å². The van der Waals surface area contributed by atoms with Gasteiger partial charge >= 0.3 is 0 Å². The summed E-state index contributed by atoms with van der Waals surface area (Å²) in [4.78, 5) is 13.7. The fourth-order valence-corrected chi connectivity index (χ4v) is 4.24. The minimum atomic E-state index is -0.944. The molecule has 0 amide bonds. The second-order valence-electron chi connectivity index (χ2n) is 8.83. The SMILES string of the molecule is Nc1nc(-c2cc(-c3ccon3)n(Cc3cccc(F)c3F)n2)ncc1N=C(c1ccccc1)c1ccccc1. The third-order valence-electron chi connectivity index (χ3n) is 6.19. The van der Waals surface area contributed by atoms with Gasteiger partial charge in [-0.05, 0) is 12.1 Å². The van der Waals surface area contributed by atoms with E-state index in [1.807, 2.05) is 60.7 Å². The van der Waals surface area contributed by atoms with Crippen molar-refractivity contribution in [2.75, 3.05) is 5.73 Å². The number of benzene rings is 3. The monoisotopic (exact) mass is 533 g/mol. The number of anilines is 1. The Morgan fingerprint density at radius 1 is 0.875 bits per heavy atom. The van der Waals surface area contributed by atoms with E-state index in [1.165, 1.54) is 29.3 Å². The molecule has 6 aromatic rings. The van der Waals surface area contributed by atoms with Crippen molar-refractivity contribution in [3.8, 4) is 22.9 Å². The summed E-state index contributed by atoms with van der Waals surface area (Å²) in [6.45, 7) is -0.0544. The second-order valence-corrected chi connectivity index (χ2v) is 8.83. The zero-order valence-electron chi connectivity index (χ0n) is 20.9. The van der Waals surface area contributed by atoms with Crippen molar-refractivity contribution >= 4 is 17.2 Å². The molecule has 0 aliphatic rings. The first-order valence-electron chi connectivity index (χ1n) is 12.3. The van der Waals surface area contributed by atoms with E-state index in [-0.39, 0.29) is 23.8 Å². The van der Waals surface area contributed by atoms with Crippen molar-refractivity contribution in [2.45, 2.75) is 6.54 Å². The Morgan fingerprint density at radius 2 is 1.60 bits per heavy atom. The molecule has 0 unspecified atom stereocenters. The average Bonchev–Trinajstić information content (AvgIpc) is 3.66. The molecule has 6 rings (SSSR count). The number of aliphatic imine (C=N–C) groups is 1. The lowest BCUT2D eigenvalue weighted by atomic mass is 10.0. The summed E-state index contributed by atoms with van der Waals surface area (Å²) in [5.41, 5.74) is 10.7. The Hall–Kier alpha value is -5.51. The molecule has 10 heteroatoms. The summed E-state index contributed by atoms with van der Waals surface area (Å²) in [5.74, 6) is -1.49. The van der Waals surface area contributed by atoms with Crippen LogP contribution >= 0.6 is 0 Å². The average molecular weight is 534 g/mol. The third-order valence-corrected chi connectivity index (χ3v) is 6.19. The van der Waals surface area contributed by atoms with Crippen LogP contribution in [0.3, 0.4) is 0 Å². The van der Waals surface area contributed by atoms with Crippen LogP contribution in [0.4, 0.5) is 20.3 Å². The number of nitrogens with two attached hydrogens (primary N) is 1. The zero-order valence-corrected chi connectivity index (χ0v) is 20.9. The molecule has 2 N–H and O–H groups in total. The lowest BCUT2D eigenvalue weighted by Gasteiger charge is -2.09. The molecule has 0 saturated heterocycles. The minimum Gasteiger partial charge on any atom is -0.382 e. The highest BCUT2D eigenvalue weighted by molar-refractivity contribution is 6.14. The first-order chi connectivity index (χ1) is 19.6. The van der Waals surface area contributed by atoms with Crippen molar-refractivity contribution in [2.24, 2.45) is 4.99 Å². The topological polar surface area (TPSA) is 108 Å². The van der Waals surface area contributed by atoms with E-state index in [0.29, 0.717) is 22.8 Å². The molecular formula is C30H21F2N7O. The van der Waals surface area contributed by atoms with Gasteiger partial charge in [-0.15, -0.1) is 0 Å². The van der Waals surface area contributed by atoms with E-state index in [0.717, 1.165) is 22.9 Å². The maximum Gasteiger partial charge on any atom is 0.182 e. The molecule has 40 heavy (non-hydrogen) atoms. The molecule has 8 nitrogen and oxygen atoms in total. The molecule has 3 aromatic heterocycles. The van der Waals surface area contributed by atoms with Gasteiger partial charge in [0, 0.05) is 22.8 Å². The van der Waals surface area contributed by atoms with E-state index in [2.05, 4.69) is 20.2 Å². The van der Waals surface area contributed by atoms with Gasteiger partial charge in [0.15, 0.2) is 23.3 Å². The van der Waals surface area contributed by atoms with Crippen molar-refractivity contribution in [3.63, 3.8) is 0 Å². The molecule has 0 aliphatic carbocycles. The quantitative estimate of drug-likeness (QED) is 0.250. The smallest absolute Gasteiger partial charge is 0.182 e. The lowest BCUT2D eigenvalue weighted by Crippen LogP contribution is -2.07. The number of nitrogens with zero attached hydrogens (tertiary/aromatic N) is 6. The van der Waals surface area contributed by atoms with E-state index in [4.69, 9.17) is 15.2 Å². The number of nitrogen functional groups attached to an aromatic ring is 1. The summed E-state index contributed by atoms with van der Waals surface area (Å²) in [6, 6.07) is 26.8. The Morgan fingerprint density at radius 3 is 2.25 bits per heavy atom. The van der Waals surface area contributed by atoms with E-state index in [9.17, 15) is 8.78 Å². The van der Waals surface area contributed by atoms with Crippen LogP contribution in [0, 0.1) is 11.6 Å². The summed E-state index contributed by atoms with van der Waals surface area (Å²) >= 11 is 0. The third kappa shape index (κ3) is 4.97. The largest absolute Gasteiger partial charge is 0.382 e. The van der Waals surface area contributed by atoms with Crippen LogP contribution in [0.2, 0.25) is 0 Å². The Labute approximate surface area is 227 Å². The van der Waals surface area contributed by atoms with Gasteiger partial charge in [-0.1, -0.05) is 78.0 Å². The van der Waals surface area contributed by atoms with Crippen LogP contribution in [0.5, 0.6) is 0 Å². The van der Waals surface area contributed by atoms with Gasteiger partial charge in [0.2, 0.25) is 0 Å². The number of hydrogen-bond donors (Lipinski definition) is 1. The summed E-state index contributed by atoms with van der Waals surface area (Å²) in [5, 5.41) is 8.53. The fourth-order valence-electron chi connectivity index (χ4n) is 4.24. The normalized spacial score (nSPS) is 10.9. The minimum absolute atomic E-state index is 0.0544. The van der Waals surface area contributed by atoms with Gasteiger partial charge < -0.3 is 10.3 Å². The van der Waals surface area contributed by atoms with E-state index < -0.39 is 11.6 Å². The standard InChI is InChI=1S/C30H21F2N7O/c31-22-13-7-12-21(27(22)32)18-39-26(23-14-15-40-38-23)16-24(37-39)30-34-17-25(29(33)36-30)35-28(19-8-3-1-4-9-19)20-10-5-2-6-11-20/h1-17H,18H2,(H2,33,34,36). The molecule has 0 spiro atoms. The van der Waals surface area contributed by atoms with Gasteiger partial charge in [0.05, 0.1) is 24.1 Å². The molecular weight excluding hydrogens is 512 g/mol. The van der Waals surface area contributed by atoms with Crippen molar-refractivity contribution < 1.29 is 13.3 Å². The van der Waals surface area contributed by atoms with Gasteiger partial charge in [-0.2, -0.15) is 5.10 Å². The molecule has 196 valence electrons. The number of aromatic nitrogens is 5.